The minimum atomic E-state index is -0.763. The molecular weight excluding hydrogens is 614 g/mol. The van der Waals surface area contributed by atoms with Crippen molar-refractivity contribution in [2.45, 2.75) is 115 Å². The predicted octanol–water partition coefficient (Wildman–Crippen LogP) is 1.70. The highest BCUT2D eigenvalue weighted by molar-refractivity contribution is 5.77. The van der Waals surface area contributed by atoms with Crippen molar-refractivity contribution in [3.05, 3.63) is 23.3 Å². The monoisotopic (exact) mass is 671 g/mol. The van der Waals surface area contributed by atoms with E-state index in [1.54, 1.807) is 20.0 Å². The van der Waals surface area contributed by atoms with Gasteiger partial charge in [0.2, 0.25) is 0 Å². The summed E-state index contributed by atoms with van der Waals surface area (Å²) in [6.45, 7) is 5.15. The number of rotatable bonds is 9. The Kier molecular flexibility index (Phi) is 14.2. The molecule has 0 spiro atoms. The lowest BCUT2D eigenvalue weighted by molar-refractivity contribution is -0.152. The van der Waals surface area contributed by atoms with Crippen molar-refractivity contribution in [2.24, 2.45) is 28.0 Å². The van der Waals surface area contributed by atoms with Gasteiger partial charge in [0.05, 0.1) is 24.2 Å². The molecule has 8 atom stereocenters. The van der Waals surface area contributed by atoms with E-state index in [1.807, 2.05) is 6.07 Å². The molecular formula is C36H57N5O7. The Balaban J connectivity index is 1.82. The molecule has 1 fully saturated rings. The molecule has 4 rings (SSSR count). The first-order valence-electron chi connectivity index (χ1n) is 17.6. The maximum absolute atomic E-state index is 12.5. The van der Waals surface area contributed by atoms with E-state index in [4.69, 9.17) is 15.2 Å². The smallest absolute Gasteiger partial charge is 0.302 e. The molecule has 12 nitrogen and oxygen atoms in total. The summed E-state index contributed by atoms with van der Waals surface area (Å²) in [5.41, 5.74) is 6.86. The lowest BCUT2D eigenvalue weighted by atomic mass is 9.73. The van der Waals surface area contributed by atoms with Gasteiger partial charge < -0.3 is 51.6 Å². The molecule has 48 heavy (non-hydrogen) atoms. The topological polar surface area (TPSA) is 191 Å². The van der Waals surface area contributed by atoms with Gasteiger partial charge in [0.25, 0.3) is 0 Å². The summed E-state index contributed by atoms with van der Waals surface area (Å²) < 4.78 is 12.4. The highest BCUT2D eigenvalue weighted by Crippen LogP contribution is 2.39. The molecule has 1 aromatic carbocycles. The molecule has 2 aliphatic heterocycles. The van der Waals surface area contributed by atoms with Crippen LogP contribution in [0.4, 0.5) is 0 Å². The number of hydrogen-bond acceptors (Lipinski definition) is 10. The number of nitrogens with zero attached hydrogens (tertiary/aromatic N) is 1. The number of esters is 1. The van der Waals surface area contributed by atoms with Crippen LogP contribution in [0.15, 0.2) is 17.1 Å². The summed E-state index contributed by atoms with van der Waals surface area (Å²) in [7, 11) is 1.62. The molecule has 1 aliphatic carbocycles. The van der Waals surface area contributed by atoms with Crippen molar-refractivity contribution < 1.29 is 34.7 Å². The fraction of sp³-hybridized carbons (Fsp3) is 0.722. The number of phenolic OH excluding ortho intramolecular Hbond substituents is 1. The van der Waals surface area contributed by atoms with Crippen LogP contribution in [0, 0.1) is 29.1 Å². The third-order valence-corrected chi connectivity index (χ3v) is 10.1. The summed E-state index contributed by atoms with van der Waals surface area (Å²) in [4.78, 5) is 16.6. The third-order valence-electron chi connectivity index (χ3n) is 10.1. The van der Waals surface area contributed by atoms with E-state index in [2.05, 4.69) is 32.8 Å². The molecule has 9 N–H and O–H groups in total. The van der Waals surface area contributed by atoms with E-state index in [9.17, 15) is 25.2 Å². The van der Waals surface area contributed by atoms with Crippen molar-refractivity contribution >= 4 is 11.9 Å². The molecule has 268 valence electrons. The van der Waals surface area contributed by atoms with E-state index < -0.39 is 29.7 Å². The van der Waals surface area contributed by atoms with E-state index in [1.165, 1.54) is 6.92 Å². The number of fused-ring (bicyclic) bond motifs is 5. The first-order chi connectivity index (χ1) is 23.0. The predicted molar refractivity (Wildman–Crippen MR) is 184 cm³/mol. The second-order valence-corrected chi connectivity index (χ2v) is 14.0. The number of piperidine rings is 1. The van der Waals surface area contributed by atoms with Crippen LogP contribution in [0.5, 0.6) is 11.5 Å². The van der Waals surface area contributed by atoms with Crippen LogP contribution in [0.25, 0.3) is 0 Å². The van der Waals surface area contributed by atoms with Crippen LogP contribution >= 0.6 is 0 Å². The number of aromatic hydroxyl groups is 1. The zero-order chi connectivity index (χ0) is 34.7. The molecule has 0 amide bonds. The SMILES string of the molecule is CN=C(N)NCC1(CCNCC(C)O)C#CC2CCCC3CC(CCN3)Oc3cc(c(CO)cc3O)CC2C(OC(C)=O)CC(O)CC1. The van der Waals surface area contributed by atoms with Gasteiger partial charge in [-0.25, -0.2) is 0 Å². The molecule has 0 saturated carbocycles. The van der Waals surface area contributed by atoms with Crippen LogP contribution in [-0.2, 0) is 22.6 Å². The zero-order valence-corrected chi connectivity index (χ0v) is 28.8. The van der Waals surface area contributed by atoms with Gasteiger partial charge >= 0.3 is 5.97 Å². The maximum atomic E-state index is 12.5. The summed E-state index contributed by atoms with van der Waals surface area (Å²) in [6.07, 6.45) is 4.56. The van der Waals surface area contributed by atoms with Gasteiger partial charge in [-0.3, -0.25) is 9.79 Å². The largest absolute Gasteiger partial charge is 0.504 e. The Bertz CT molecular complexity index is 1300. The number of guanidine groups is 1. The standard InChI is InChI=1S/C36H57N5O7/c1-23(43)20-39-14-12-36(22-41-35(37)38-3)10-7-25-5-4-6-28-18-30(9-13-40-28)48-34-17-26(27(21-42)16-32(34)46)15-31(25)33(47-24(2)44)19-29(45)8-11-36/h16-17,23,25,28-31,33,39-40,42-43,45-46H,4-6,8-9,11-15,18-22H2,1-3H3,(H3,37,38,41). The number of aliphatic hydroxyl groups excluding tert-OH is 3. The average molecular weight is 672 g/mol. The first kappa shape index (κ1) is 37.7. The Morgan fingerprint density at radius 2 is 2.08 bits per heavy atom. The van der Waals surface area contributed by atoms with Gasteiger partial charge in [-0.1, -0.05) is 18.3 Å². The van der Waals surface area contributed by atoms with Gasteiger partial charge in [-0.2, -0.15) is 0 Å². The molecule has 8 unspecified atom stereocenters. The normalized spacial score (nSPS) is 30.4. The van der Waals surface area contributed by atoms with Crippen LogP contribution in [0.3, 0.4) is 0 Å². The number of phenols is 1. The Morgan fingerprint density at radius 3 is 2.81 bits per heavy atom. The number of nitrogens with two attached hydrogens (primary N) is 1. The number of aliphatic hydroxyl groups is 3. The average Bonchev–Trinajstić information content (AvgIpc) is 3.05. The lowest BCUT2D eigenvalue weighted by Gasteiger charge is -2.36. The third kappa shape index (κ3) is 11.0. The fourth-order valence-corrected chi connectivity index (χ4v) is 7.37. The fourth-order valence-electron chi connectivity index (χ4n) is 7.37. The van der Waals surface area contributed by atoms with Gasteiger partial charge in [0, 0.05) is 51.4 Å². The van der Waals surface area contributed by atoms with Crippen molar-refractivity contribution in [2.75, 3.05) is 33.2 Å². The second kappa shape index (κ2) is 18.1. The molecule has 4 bridgehead atoms. The van der Waals surface area contributed by atoms with Crippen molar-refractivity contribution in [1.82, 2.24) is 16.0 Å². The van der Waals surface area contributed by atoms with Crippen molar-refractivity contribution in [3.8, 4) is 23.3 Å². The molecule has 0 aromatic heterocycles. The first-order valence-corrected chi connectivity index (χ1v) is 17.6. The zero-order valence-electron chi connectivity index (χ0n) is 28.8. The number of nitrogens with one attached hydrogen (secondary N) is 3. The van der Waals surface area contributed by atoms with Crippen molar-refractivity contribution in [3.63, 3.8) is 0 Å². The summed E-state index contributed by atoms with van der Waals surface area (Å²) in [5, 5.41) is 52.7. The number of benzene rings is 1. The van der Waals surface area contributed by atoms with Gasteiger partial charge in [-0.05, 0) is 94.6 Å². The summed E-state index contributed by atoms with van der Waals surface area (Å²) in [5.74, 6) is 7.07. The Hall–Kier alpha value is -3.08. The molecule has 12 heteroatoms. The van der Waals surface area contributed by atoms with Crippen LogP contribution in [0.1, 0.15) is 82.8 Å². The molecule has 0 radical (unpaired) electrons. The van der Waals surface area contributed by atoms with Crippen LogP contribution < -0.4 is 26.4 Å². The molecule has 3 aliphatic rings. The van der Waals surface area contributed by atoms with Crippen LogP contribution in [-0.4, -0.2) is 96.0 Å². The van der Waals surface area contributed by atoms with E-state index in [0.717, 1.165) is 44.2 Å². The number of carbonyl (C=O) groups excluding carboxylic acids is 1. The molecule has 1 saturated heterocycles. The van der Waals surface area contributed by atoms with Gasteiger partial charge in [0.15, 0.2) is 17.5 Å². The summed E-state index contributed by atoms with van der Waals surface area (Å²) in [6, 6.07) is 3.63. The van der Waals surface area contributed by atoms with Gasteiger partial charge in [-0.15, -0.1) is 0 Å². The second-order valence-electron chi connectivity index (χ2n) is 14.0. The number of aliphatic imine (C=N–C) groups is 1. The summed E-state index contributed by atoms with van der Waals surface area (Å²) >= 11 is 0. The minimum Gasteiger partial charge on any atom is -0.504 e. The number of hydrogen-bond donors (Lipinski definition) is 8. The number of carbonyl (C=O) groups is 1. The quantitative estimate of drug-likeness (QED) is 0.0627. The highest BCUT2D eigenvalue weighted by Gasteiger charge is 2.37. The molecule has 1 aromatic rings. The molecule has 2 heterocycles. The van der Waals surface area contributed by atoms with Crippen LogP contribution in [0.2, 0.25) is 0 Å². The van der Waals surface area contributed by atoms with Crippen molar-refractivity contribution in [1.29, 1.82) is 0 Å². The highest BCUT2D eigenvalue weighted by atomic mass is 16.5. The maximum Gasteiger partial charge on any atom is 0.302 e. The Labute approximate surface area is 285 Å². The Morgan fingerprint density at radius 1 is 1.27 bits per heavy atom. The van der Waals surface area contributed by atoms with Gasteiger partial charge in [0.1, 0.15) is 12.2 Å². The van der Waals surface area contributed by atoms with E-state index in [0.29, 0.717) is 62.6 Å². The lowest BCUT2D eigenvalue weighted by Crippen LogP contribution is -2.43. The number of ether oxygens (including phenoxy) is 2. The van der Waals surface area contributed by atoms with E-state index >= 15 is 0 Å². The minimum absolute atomic E-state index is 0.0154. The van der Waals surface area contributed by atoms with E-state index in [-0.39, 0.29) is 42.8 Å².